The fourth-order valence-corrected chi connectivity index (χ4v) is 5.99. The lowest BCUT2D eigenvalue weighted by Gasteiger charge is -2.57. The molecule has 4 amide bonds. The van der Waals surface area contributed by atoms with E-state index in [1.165, 1.54) is 17.7 Å². The van der Waals surface area contributed by atoms with Crippen molar-refractivity contribution in [3.63, 3.8) is 0 Å². The van der Waals surface area contributed by atoms with Gasteiger partial charge in [-0.1, -0.05) is 38.8 Å². The number of carbonyl (C=O) groups is 2. The maximum absolute atomic E-state index is 13.4. The molecule has 2 bridgehead atoms. The number of allylic oxidation sites excluding steroid dienone is 1. The molecule has 4 aliphatic rings. The van der Waals surface area contributed by atoms with E-state index in [9.17, 15) is 22.8 Å². The molecule has 5 rings (SSSR count). The minimum atomic E-state index is -4.42. The number of rotatable bonds is 9. The van der Waals surface area contributed by atoms with Crippen molar-refractivity contribution in [2.45, 2.75) is 52.6 Å². The highest BCUT2D eigenvalue weighted by Crippen LogP contribution is 2.59. The van der Waals surface area contributed by atoms with Gasteiger partial charge in [0, 0.05) is 58.0 Å². The van der Waals surface area contributed by atoms with Crippen LogP contribution >= 0.6 is 0 Å². The minimum Gasteiger partial charge on any atom is -0.338 e. The van der Waals surface area contributed by atoms with E-state index in [0.29, 0.717) is 56.8 Å². The maximum Gasteiger partial charge on any atom is 0.416 e. The molecule has 2 unspecified atom stereocenters. The Morgan fingerprint density at radius 2 is 1.79 bits per heavy atom. The molecule has 1 aromatic carbocycles. The van der Waals surface area contributed by atoms with E-state index in [1.54, 1.807) is 4.90 Å². The summed E-state index contributed by atoms with van der Waals surface area (Å²) < 4.78 is 38.9. The number of fused-ring (bicyclic) bond motifs is 1. The summed E-state index contributed by atoms with van der Waals surface area (Å²) in [5.74, 6) is 1.14. The SMILES string of the molecule is CCCCNC(=O)N1CCN(CCN(CC2=CCC3CC2C3(C)C)C(=O)Nc2ccc(C(F)(F)F)cc2)CC1. The molecule has 2 fully saturated rings. The number of urea groups is 2. The van der Waals surface area contributed by atoms with E-state index in [1.807, 2.05) is 4.90 Å². The highest BCUT2D eigenvalue weighted by atomic mass is 19.4. The van der Waals surface area contributed by atoms with Crippen molar-refractivity contribution >= 4 is 17.7 Å². The normalized spacial score (nSPS) is 22.5. The Hall–Kier alpha value is -2.75. The molecular formula is C29H42F3N5O2. The van der Waals surface area contributed by atoms with Gasteiger partial charge in [0.1, 0.15) is 0 Å². The molecule has 0 radical (unpaired) electrons. The van der Waals surface area contributed by atoms with Crippen LogP contribution in [0.4, 0.5) is 28.4 Å². The van der Waals surface area contributed by atoms with Crippen LogP contribution < -0.4 is 10.6 Å². The lowest BCUT2D eigenvalue weighted by molar-refractivity contribution is -0.137. The van der Waals surface area contributed by atoms with Crippen LogP contribution in [0.3, 0.4) is 0 Å². The Morgan fingerprint density at radius 3 is 2.38 bits per heavy atom. The number of benzene rings is 1. The number of nitrogens with zero attached hydrogens (tertiary/aromatic N) is 3. The number of hydrogen-bond acceptors (Lipinski definition) is 3. The first-order valence-corrected chi connectivity index (χ1v) is 14.2. The predicted octanol–water partition coefficient (Wildman–Crippen LogP) is 5.66. The number of anilines is 1. The molecule has 0 aromatic heterocycles. The first kappa shape index (κ1) is 29.2. The Morgan fingerprint density at radius 1 is 1.10 bits per heavy atom. The topological polar surface area (TPSA) is 67.9 Å². The maximum atomic E-state index is 13.4. The second kappa shape index (κ2) is 12.2. The third kappa shape index (κ3) is 7.07. The second-order valence-corrected chi connectivity index (χ2v) is 11.7. The van der Waals surface area contributed by atoms with Crippen molar-refractivity contribution in [2.24, 2.45) is 17.3 Å². The van der Waals surface area contributed by atoms with Gasteiger partial charge in [0.15, 0.2) is 0 Å². The molecule has 0 spiro atoms. The molecular weight excluding hydrogens is 507 g/mol. The quantitative estimate of drug-likeness (QED) is 0.309. The Kier molecular flexibility index (Phi) is 9.14. The van der Waals surface area contributed by atoms with E-state index in [4.69, 9.17) is 0 Å². The number of hydrogen-bond donors (Lipinski definition) is 2. The standard InChI is InChI=1S/C29H42F3N5O2/c1-4-5-12-33-26(38)36-16-13-35(14-17-36)15-18-37(20-21-6-7-23-19-25(21)28(23,2)3)27(39)34-24-10-8-22(9-11-24)29(30,31)32/h6,8-11,23,25H,4-5,7,12-20H2,1-3H3,(H,33,38)(H,34,39). The van der Waals surface area contributed by atoms with Crippen molar-refractivity contribution < 1.29 is 22.8 Å². The molecule has 3 aliphatic carbocycles. The summed E-state index contributed by atoms with van der Waals surface area (Å²) in [7, 11) is 0. The third-order valence-corrected chi connectivity index (χ3v) is 8.86. The second-order valence-electron chi connectivity index (χ2n) is 11.7. The molecule has 1 aliphatic heterocycles. The van der Waals surface area contributed by atoms with Gasteiger partial charge in [0.2, 0.25) is 0 Å². The zero-order valence-electron chi connectivity index (χ0n) is 23.3. The molecule has 7 nitrogen and oxygen atoms in total. The summed E-state index contributed by atoms with van der Waals surface area (Å²) in [6.45, 7) is 11.8. The number of piperazine rings is 1. The molecule has 2 atom stereocenters. The lowest BCUT2D eigenvalue weighted by atomic mass is 9.49. The molecule has 1 saturated carbocycles. The number of alkyl halides is 3. The number of unbranched alkanes of at least 4 members (excludes halogenated alkanes) is 1. The summed E-state index contributed by atoms with van der Waals surface area (Å²) >= 11 is 0. The molecule has 2 N–H and O–H groups in total. The average Bonchev–Trinajstić information content (AvgIpc) is 2.91. The fourth-order valence-electron chi connectivity index (χ4n) is 5.99. The number of nitrogens with one attached hydrogen (secondary N) is 2. The number of amides is 4. The zero-order valence-corrected chi connectivity index (χ0v) is 23.3. The summed E-state index contributed by atoms with van der Waals surface area (Å²) in [6.07, 6.45) is 2.02. The van der Waals surface area contributed by atoms with Crippen molar-refractivity contribution in [1.29, 1.82) is 0 Å². The van der Waals surface area contributed by atoms with Gasteiger partial charge >= 0.3 is 18.2 Å². The van der Waals surface area contributed by atoms with Crippen LogP contribution in [-0.2, 0) is 6.18 Å². The smallest absolute Gasteiger partial charge is 0.338 e. The van der Waals surface area contributed by atoms with Crippen LogP contribution in [-0.4, -0.2) is 79.1 Å². The van der Waals surface area contributed by atoms with Crippen molar-refractivity contribution in [2.75, 3.05) is 57.7 Å². The summed E-state index contributed by atoms with van der Waals surface area (Å²) in [5.41, 5.74) is 1.10. The third-order valence-electron chi connectivity index (χ3n) is 8.86. The van der Waals surface area contributed by atoms with Gasteiger partial charge in [-0.2, -0.15) is 13.2 Å². The summed E-state index contributed by atoms with van der Waals surface area (Å²) in [5, 5.41) is 5.77. The molecule has 1 heterocycles. The predicted molar refractivity (Wildman–Crippen MR) is 146 cm³/mol. The van der Waals surface area contributed by atoms with E-state index in [-0.39, 0.29) is 17.5 Å². The van der Waals surface area contributed by atoms with Gasteiger partial charge in [-0.15, -0.1) is 0 Å². The van der Waals surface area contributed by atoms with Gasteiger partial charge in [-0.3, -0.25) is 4.90 Å². The van der Waals surface area contributed by atoms with Crippen LogP contribution in [0.5, 0.6) is 0 Å². The average molecular weight is 550 g/mol. The van der Waals surface area contributed by atoms with Gasteiger partial charge in [-0.05, 0) is 60.8 Å². The Labute approximate surface area is 229 Å². The van der Waals surface area contributed by atoms with Crippen LogP contribution in [0.25, 0.3) is 0 Å². The monoisotopic (exact) mass is 549 g/mol. The van der Waals surface area contributed by atoms with E-state index >= 15 is 0 Å². The molecule has 216 valence electrons. The molecule has 1 aromatic rings. The summed E-state index contributed by atoms with van der Waals surface area (Å²) in [6, 6.07) is 4.22. The van der Waals surface area contributed by atoms with Crippen molar-refractivity contribution in [3.05, 3.63) is 41.5 Å². The first-order valence-electron chi connectivity index (χ1n) is 14.2. The molecule has 10 heteroatoms. The van der Waals surface area contributed by atoms with Crippen LogP contribution in [0.2, 0.25) is 0 Å². The van der Waals surface area contributed by atoms with Crippen molar-refractivity contribution in [3.8, 4) is 0 Å². The van der Waals surface area contributed by atoms with Crippen LogP contribution in [0.15, 0.2) is 35.9 Å². The summed E-state index contributed by atoms with van der Waals surface area (Å²) in [4.78, 5) is 31.6. The van der Waals surface area contributed by atoms with E-state index in [2.05, 4.69) is 42.4 Å². The zero-order chi connectivity index (χ0) is 28.2. The van der Waals surface area contributed by atoms with E-state index < -0.39 is 11.7 Å². The first-order chi connectivity index (χ1) is 18.5. The molecule has 39 heavy (non-hydrogen) atoms. The Bertz CT molecular complexity index is 1030. The van der Waals surface area contributed by atoms with Gasteiger partial charge in [0.05, 0.1) is 5.56 Å². The number of halogens is 3. The van der Waals surface area contributed by atoms with Crippen molar-refractivity contribution in [1.82, 2.24) is 20.0 Å². The van der Waals surface area contributed by atoms with Crippen LogP contribution in [0.1, 0.15) is 52.0 Å². The highest BCUT2D eigenvalue weighted by molar-refractivity contribution is 5.89. The van der Waals surface area contributed by atoms with Gasteiger partial charge < -0.3 is 20.4 Å². The largest absolute Gasteiger partial charge is 0.416 e. The number of carbonyl (C=O) groups excluding carboxylic acids is 2. The van der Waals surface area contributed by atoms with Crippen LogP contribution in [0, 0.1) is 17.3 Å². The lowest BCUT2D eigenvalue weighted by Crippen LogP contribution is -2.54. The van der Waals surface area contributed by atoms with Gasteiger partial charge in [-0.25, -0.2) is 9.59 Å². The highest BCUT2D eigenvalue weighted by Gasteiger charge is 2.51. The van der Waals surface area contributed by atoms with Gasteiger partial charge in [0.25, 0.3) is 0 Å². The minimum absolute atomic E-state index is 0.0219. The fraction of sp³-hybridized carbons (Fsp3) is 0.655. The van der Waals surface area contributed by atoms with E-state index in [0.717, 1.165) is 50.9 Å². The Balaban J connectivity index is 1.36. The molecule has 1 saturated heterocycles.